The van der Waals surface area contributed by atoms with E-state index in [9.17, 15) is 0 Å². The summed E-state index contributed by atoms with van der Waals surface area (Å²) < 4.78 is 2.59. The van der Waals surface area contributed by atoms with Crippen molar-refractivity contribution < 1.29 is 0 Å². The first-order valence-electron chi connectivity index (χ1n) is 18.9. The molecule has 9 aromatic rings. The van der Waals surface area contributed by atoms with Crippen LogP contribution < -0.4 is 4.90 Å². The van der Waals surface area contributed by atoms with Crippen LogP contribution in [0.15, 0.2) is 188 Å². The van der Waals surface area contributed by atoms with Crippen molar-refractivity contribution in [3.8, 4) is 22.3 Å². The lowest BCUT2D eigenvalue weighted by atomic mass is 9.67. The first-order chi connectivity index (χ1) is 26.6. The first kappa shape index (κ1) is 31.3. The van der Waals surface area contributed by atoms with E-state index >= 15 is 0 Å². The molecule has 0 saturated carbocycles. The van der Waals surface area contributed by atoms with Gasteiger partial charge in [0.25, 0.3) is 0 Å². The highest BCUT2D eigenvalue weighted by Gasteiger charge is 2.46. The quantitative estimate of drug-likeness (QED) is 0.172. The Morgan fingerprint density at radius 2 is 1.00 bits per heavy atom. The molecule has 11 rings (SSSR count). The Labute approximate surface area is 320 Å². The van der Waals surface area contributed by atoms with Crippen molar-refractivity contribution in [3.05, 3.63) is 221 Å². The van der Waals surface area contributed by atoms with Gasteiger partial charge in [-0.15, -0.1) is 11.3 Å². The van der Waals surface area contributed by atoms with E-state index in [1.165, 1.54) is 87.2 Å². The normalized spacial score (nSPS) is 14.4. The van der Waals surface area contributed by atoms with Crippen molar-refractivity contribution in [1.82, 2.24) is 0 Å². The fraction of sp³-hybridized carbons (Fsp3) is 0.0769. The average molecular weight is 708 g/mol. The molecule has 0 radical (unpaired) electrons. The van der Waals surface area contributed by atoms with Crippen LogP contribution in [0.25, 0.3) is 42.4 Å². The van der Waals surface area contributed by atoms with E-state index in [-0.39, 0.29) is 5.41 Å². The molecule has 8 aromatic carbocycles. The third-order valence-electron chi connectivity index (χ3n) is 12.2. The summed E-state index contributed by atoms with van der Waals surface area (Å²) in [4.78, 5) is 2.50. The molecule has 54 heavy (non-hydrogen) atoms. The van der Waals surface area contributed by atoms with E-state index in [2.05, 4.69) is 207 Å². The predicted molar refractivity (Wildman–Crippen MR) is 229 cm³/mol. The number of fused-ring (bicyclic) bond motifs is 9. The Balaban J connectivity index is 1.17. The lowest BCUT2D eigenvalue weighted by molar-refractivity contribution is 0.660. The Morgan fingerprint density at radius 3 is 1.72 bits per heavy atom. The second-order valence-corrected chi connectivity index (χ2v) is 16.3. The summed E-state index contributed by atoms with van der Waals surface area (Å²) in [6.45, 7) is 4.73. The smallest absolute Gasteiger partial charge is 0.0714 e. The van der Waals surface area contributed by atoms with Crippen molar-refractivity contribution in [2.45, 2.75) is 24.7 Å². The topological polar surface area (TPSA) is 3.24 Å². The van der Waals surface area contributed by atoms with E-state index in [0.717, 1.165) is 5.69 Å². The highest BCUT2D eigenvalue weighted by atomic mass is 32.1. The Bertz CT molecular complexity index is 2870. The standard InChI is InChI=1S/C52H37NS/c1-51(2)42-25-12-11-23-41(42)49-45(51)28-16-29-46(49)53(36-19-7-4-8-20-36)47-30-15-24-40-39-32-31-35(33-48(39)54-50(40)47)52(34-17-5-3-6-18-34)43-26-13-9-21-37(43)38-22-10-14-27-44(38)52/h3-33H,1-2H3. The molecule has 0 atom stereocenters. The van der Waals surface area contributed by atoms with Crippen LogP contribution in [0.4, 0.5) is 17.1 Å². The second kappa shape index (κ2) is 11.6. The number of anilines is 3. The number of para-hydroxylation sites is 1. The first-order valence-corrected chi connectivity index (χ1v) is 19.7. The van der Waals surface area contributed by atoms with E-state index in [4.69, 9.17) is 0 Å². The number of hydrogen-bond acceptors (Lipinski definition) is 2. The number of thiophene rings is 1. The van der Waals surface area contributed by atoms with Crippen LogP contribution in [0.2, 0.25) is 0 Å². The molecule has 0 bridgehead atoms. The highest BCUT2D eigenvalue weighted by molar-refractivity contribution is 7.26. The Kier molecular flexibility index (Phi) is 6.75. The molecule has 1 nitrogen and oxygen atoms in total. The summed E-state index contributed by atoms with van der Waals surface area (Å²) in [5, 5.41) is 2.58. The van der Waals surface area contributed by atoms with Crippen LogP contribution >= 0.6 is 11.3 Å². The van der Waals surface area contributed by atoms with Crippen molar-refractivity contribution in [1.29, 1.82) is 0 Å². The van der Waals surface area contributed by atoms with Gasteiger partial charge in [0.1, 0.15) is 0 Å². The summed E-state index contributed by atoms with van der Waals surface area (Å²) in [7, 11) is 0. The van der Waals surface area contributed by atoms with Crippen molar-refractivity contribution in [2.75, 3.05) is 4.90 Å². The maximum Gasteiger partial charge on any atom is 0.0714 e. The zero-order valence-corrected chi connectivity index (χ0v) is 31.1. The lowest BCUT2D eigenvalue weighted by Crippen LogP contribution is -2.28. The molecule has 0 unspecified atom stereocenters. The number of rotatable bonds is 5. The second-order valence-electron chi connectivity index (χ2n) is 15.2. The van der Waals surface area contributed by atoms with Gasteiger partial charge in [0.15, 0.2) is 0 Å². The van der Waals surface area contributed by atoms with Gasteiger partial charge in [0.05, 0.1) is 21.5 Å². The van der Waals surface area contributed by atoms with Crippen molar-refractivity contribution in [2.24, 2.45) is 0 Å². The van der Waals surface area contributed by atoms with Gasteiger partial charge in [-0.05, 0) is 80.4 Å². The molecule has 0 N–H and O–H groups in total. The van der Waals surface area contributed by atoms with Crippen molar-refractivity contribution >= 4 is 48.6 Å². The van der Waals surface area contributed by atoms with Gasteiger partial charge >= 0.3 is 0 Å². The molecule has 2 aliphatic carbocycles. The van der Waals surface area contributed by atoms with Gasteiger partial charge in [-0.3, -0.25) is 0 Å². The molecule has 0 spiro atoms. The van der Waals surface area contributed by atoms with Crippen LogP contribution in [-0.2, 0) is 10.8 Å². The summed E-state index contributed by atoms with van der Waals surface area (Å²) in [5.41, 5.74) is 16.4. The molecule has 0 aliphatic heterocycles. The molecule has 1 heterocycles. The van der Waals surface area contributed by atoms with Gasteiger partial charge < -0.3 is 4.90 Å². The minimum absolute atomic E-state index is 0.0868. The number of nitrogens with zero attached hydrogens (tertiary/aromatic N) is 1. The molecule has 0 fully saturated rings. The highest BCUT2D eigenvalue weighted by Crippen LogP contribution is 2.58. The molecule has 2 aliphatic rings. The minimum atomic E-state index is -0.428. The van der Waals surface area contributed by atoms with Gasteiger partial charge in [0, 0.05) is 32.1 Å². The molecule has 2 heteroatoms. The molecular weight excluding hydrogens is 671 g/mol. The zero-order valence-electron chi connectivity index (χ0n) is 30.3. The van der Waals surface area contributed by atoms with Gasteiger partial charge in [0.2, 0.25) is 0 Å². The van der Waals surface area contributed by atoms with E-state index in [1.54, 1.807) is 0 Å². The Morgan fingerprint density at radius 1 is 0.426 bits per heavy atom. The van der Waals surface area contributed by atoms with Crippen LogP contribution in [0.5, 0.6) is 0 Å². The van der Waals surface area contributed by atoms with Crippen LogP contribution in [0, 0.1) is 0 Å². The van der Waals surface area contributed by atoms with E-state index in [0.29, 0.717) is 0 Å². The summed E-state index contributed by atoms with van der Waals surface area (Å²) in [6.07, 6.45) is 0. The summed E-state index contributed by atoms with van der Waals surface area (Å²) in [6, 6.07) is 70.0. The van der Waals surface area contributed by atoms with Crippen LogP contribution in [0.3, 0.4) is 0 Å². The predicted octanol–water partition coefficient (Wildman–Crippen LogP) is 14.2. The largest absolute Gasteiger partial charge is 0.308 e. The maximum absolute atomic E-state index is 2.50. The summed E-state index contributed by atoms with van der Waals surface area (Å²) in [5.74, 6) is 0. The van der Waals surface area contributed by atoms with Gasteiger partial charge in [-0.1, -0.05) is 172 Å². The van der Waals surface area contributed by atoms with Crippen molar-refractivity contribution in [3.63, 3.8) is 0 Å². The number of benzene rings is 8. The maximum atomic E-state index is 2.50. The molecular formula is C52H37NS. The molecule has 1 aromatic heterocycles. The van der Waals surface area contributed by atoms with E-state index in [1.807, 2.05) is 11.3 Å². The molecule has 0 amide bonds. The third kappa shape index (κ3) is 4.20. The lowest BCUT2D eigenvalue weighted by Gasteiger charge is -2.33. The fourth-order valence-corrected chi connectivity index (χ4v) is 11.1. The monoisotopic (exact) mass is 707 g/mol. The van der Waals surface area contributed by atoms with Crippen LogP contribution in [0.1, 0.15) is 47.2 Å². The third-order valence-corrected chi connectivity index (χ3v) is 13.3. The van der Waals surface area contributed by atoms with Crippen LogP contribution in [-0.4, -0.2) is 0 Å². The minimum Gasteiger partial charge on any atom is -0.308 e. The van der Waals surface area contributed by atoms with Gasteiger partial charge in [-0.25, -0.2) is 0 Å². The number of hydrogen-bond donors (Lipinski definition) is 0. The average Bonchev–Trinajstić information content (AvgIpc) is 3.83. The fourth-order valence-electron chi connectivity index (χ4n) is 9.81. The Hall–Kier alpha value is -6.22. The van der Waals surface area contributed by atoms with Gasteiger partial charge in [-0.2, -0.15) is 0 Å². The molecule has 0 saturated heterocycles. The SMILES string of the molecule is CC1(C)c2ccccc2-c2c(N(c3ccccc3)c3cccc4c3sc3cc(C5(c6ccccc6)c6ccccc6-c6ccccc65)ccc34)cccc21. The zero-order chi connectivity index (χ0) is 36.0. The summed E-state index contributed by atoms with van der Waals surface area (Å²) >= 11 is 1.91. The molecule has 256 valence electrons. The van der Waals surface area contributed by atoms with E-state index < -0.39 is 5.41 Å².